The van der Waals surface area contributed by atoms with Crippen LogP contribution in [0.1, 0.15) is 81.4 Å². The summed E-state index contributed by atoms with van der Waals surface area (Å²) in [4.78, 5) is 0. The van der Waals surface area contributed by atoms with Crippen molar-refractivity contribution in [2.75, 3.05) is 13.7 Å². The lowest BCUT2D eigenvalue weighted by Crippen LogP contribution is -2.32. The Morgan fingerprint density at radius 1 is 1.15 bits per heavy atom. The Kier molecular flexibility index (Phi) is 6.99. The molecule has 0 aromatic heterocycles. The molecule has 4 atom stereocenters. The minimum atomic E-state index is 0.0195. The van der Waals surface area contributed by atoms with E-state index in [0.717, 1.165) is 25.2 Å². The van der Waals surface area contributed by atoms with Crippen molar-refractivity contribution in [3.8, 4) is 0 Å². The van der Waals surface area contributed by atoms with Crippen LogP contribution in [0.5, 0.6) is 0 Å². The van der Waals surface area contributed by atoms with Crippen LogP contribution < -0.4 is 5.73 Å². The van der Waals surface area contributed by atoms with E-state index in [1.807, 2.05) is 7.11 Å². The molecule has 1 aromatic rings. The van der Waals surface area contributed by atoms with Crippen molar-refractivity contribution in [3.05, 3.63) is 34.9 Å². The Labute approximate surface area is 165 Å². The van der Waals surface area contributed by atoms with E-state index in [1.54, 1.807) is 11.1 Å². The standard InChI is InChI=1S/C24H39NO2/c1-24(2,27-3)13-5-4-6-17-7-8-19-15-20(10-9-18(19)14-17)22-12-11-21(16-26)23(22)25/h9-10,15,17,21-23,26H,4-8,11-14,16,25H2,1-3H3/t17-,21+,22+,23+/m0/s1. The Bertz CT molecular complexity index is 612. The van der Waals surface area contributed by atoms with Crippen molar-refractivity contribution in [2.45, 2.75) is 89.2 Å². The van der Waals surface area contributed by atoms with Crippen molar-refractivity contribution >= 4 is 0 Å². The first-order chi connectivity index (χ1) is 12.9. The summed E-state index contributed by atoms with van der Waals surface area (Å²) in [5, 5.41) is 9.48. The SMILES string of the molecule is COC(C)(C)CCCC[C@H]1CCc2cc([C@H]3CC[C@H](CO)[C@H]3N)ccc2C1. The van der Waals surface area contributed by atoms with E-state index in [-0.39, 0.29) is 24.2 Å². The second kappa shape index (κ2) is 9.07. The number of rotatable bonds is 8. The van der Waals surface area contributed by atoms with Gasteiger partial charge in [-0.25, -0.2) is 0 Å². The van der Waals surface area contributed by atoms with Gasteiger partial charge in [0.2, 0.25) is 0 Å². The highest BCUT2D eigenvalue weighted by Gasteiger charge is 2.34. The van der Waals surface area contributed by atoms with Crippen LogP contribution in [0.15, 0.2) is 18.2 Å². The average Bonchev–Trinajstić information content (AvgIpc) is 3.05. The van der Waals surface area contributed by atoms with Gasteiger partial charge in [0.1, 0.15) is 0 Å². The van der Waals surface area contributed by atoms with Crippen molar-refractivity contribution in [3.63, 3.8) is 0 Å². The van der Waals surface area contributed by atoms with Crippen LogP contribution in [-0.2, 0) is 17.6 Å². The first-order valence-electron chi connectivity index (χ1n) is 11.0. The van der Waals surface area contributed by atoms with Crippen molar-refractivity contribution in [2.24, 2.45) is 17.6 Å². The molecular formula is C24H39NO2. The number of aliphatic hydroxyl groups is 1. The van der Waals surface area contributed by atoms with Gasteiger partial charge >= 0.3 is 0 Å². The van der Waals surface area contributed by atoms with Gasteiger partial charge in [-0.1, -0.05) is 37.5 Å². The summed E-state index contributed by atoms with van der Waals surface area (Å²) in [7, 11) is 1.81. The number of aliphatic hydroxyl groups excluding tert-OH is 1. The first-order valence-corrected chi connectivity index (χ1v) is 11.0. The molecule has 0 bridgehead atoms. The summed E-state index contributed by atoms with van der Waals surface area (Å²) in [5.41, 5.74) is 10.9. The maximum absolute atomic E-state index is 9.48. The van der Waals surface area contributed by atoms with Crippen LogP contribution in [0.3, 0.4) is 0 Å². The monoisotopic (exact) mass is 373 g/mol. The maximum atomic E-state index is 9.48. The molecule has 1 aromatic carbocycles. The predicted molar refractivity (Wildman–Crippen MR) is 112 cm³/mol. The zero-order valence-corrected chi connectivity index (χ0v) is 17.5. The molecule has 0 aliphatic heterocycles. The molecule has 1 fully saturated rings. The van der Waals surface area contributed by atoms with E-state index in [1.165, 1.54) is 44.1 Å². The Morgan fingerprint density at radius 3 is 2.67 bits per heavy atom. The van der Waals surface area contributed by atoms with E-state index < -0.39 is 0 Å². The van der Waals surface area contributed by atoms with Gasteiger partial charge in [0, 0.05) is 19.8 Å². The number of aryl methyl sites for hydroxylation is 1. The molecule has 2 aliphatic carbocycles. The normalized spacial score (nSPS) is 28.3. The quantitative estimate of drug-likeness (QED) is 0.655. The van der Waals surface area contributed by atoms with Gasteiger partial charge in [-0.2, -0.15) is 0 Å². The molecule has 3 nitrogen and oxygen atoms in total. The highest BCUT2D eigenvalue weighted by molar-refractivity contribution is 5.37. The molecule has 0 saturated heterocycles. The minimum absolute atomic E-state index is 0.0195. The van der Waals surface area contributed by atoms with Gasteiger partial charge in [0.05, 0.1) is 5.60 Å². The van der Waals surface area contributed by atoms with Gasteiger partial charge in [0.25, 0.3) is 0 Å². The Morgan fingerprint density at radius 2 is 1.96 bits per heavy atom. The highest BCUT2D eigenvalue weighted by Crippen LogP contribution is 2.39. The smallest absolute Gasteiger partial charge is 0.0622 e. The van der Waals surface area contributed by atoms with Gasteiger partial charge < -0.3 is 15.6 Å². The predicted octanol–water partition coefficient (Wildman–Crippen LogP) is 4.59. The van der Waals surface area contributed by atoms with Crippen LogP contribution in [0, 0.1) is 11.8 Å². The lowest BCUT2D eigenvalue weighted by molar-refractivity contribution is 0.0131. The summed E-state index contributed by atoms with van der Waals surface area (Å²) in [6.45, 7) is 4.59. The van der Waals surface area contributed by atoms with E-state index >= 15 is 0 Å². The third-order valence-electron chi connectivity index (χ3n) is 7.27. The minimum Gasteiger partial charge on any atom is -0.396 e. The lowest BCUT2D eigenvalue weighted by Gasteiger charge is -2.27. The van der Waals surface area contributed by atoms with Gasteiger partial charge in [-0.3, -0.25) is 0 Å². The van der Waals surface area contributed by atoms with Crippen molar-refractivity contribution in [1.82, 2.24) is 0 Å². The zero-order chi connectivity index (χ0) is 19.4. The molecule has 0 radical (unpaired) electrons. The van der Waals surface area contributed by atoms with E-state index in [0.29, 0.717) is 5.92 Å². The molecule has 3 rings (SSSR count). The summed E-state index contributed by atoms with van der Waals surface area (Å²) in [6.07, 6.45) is 11.0. The molecule has 27 heavy (non-hydrogen) atoms. The molecular weight excluding hydrogens is 334 g/mol. The Hall–Kier alpha value is -0.900. The third-order valence-corrected chi connectivity index (χ3v) is 7.27. The summed E-state index contributed by atoms with van der Waals surface area (Å²) < 4.78 is 5.53. The lowest BCUT2D eigenvalue weighted by atomic mass is 9.79. The van der Waals surface area contributed by atoms with E-state index in [4.69, 9.17) is 10.5 Å². The highest BCUT2D eigenvalue weighted by atomic mass is 16.5. The number of ether oxygens (including phenoxy) is 1. The topological polar surface area (TPSA) is 55.5 Å². The van der Waals surface area contributed by atoms with Crippen LogP contribution in [-0.4, -0.2) is 30.5 Å². The number of hydrogen-bond acceptors (Lipinski definition) is 3. The number of hydrogen-bond donors (Lipinski definition) is 2. The van der Waals surface area contributed by atoms with E-state index in [2.05, 4.69) is 32.0 Å². The molecule has 0 amide bonds. The molecule has 3 heteroatoms. The fraction of sp³-hybridized carbons (Fsp3) is 0.750. The molecule has 0 unspecified atom stereocenters. The van der Waals surface area contributed by atoms with Crippen LogP contribution in [0.25, 0.3) is 0 Å². The fourth-order valence-corrected chi connectivity index (χ4v) is 5.12. The number of nitrogens with two attached hydrogens (primary N) is 1. The molecule has 0 heterocycles. The third kappa shape index (κ3) is 5.13. The molecule has 152 valence electrons. The van der Waals surface area contributed by atoms with Gasteiger partial charge in [0.15, 0.2) is 0 Å². The van der Waals surface area contributed by atoms with Crippen LogP contribution in [0.2, 0.25) is 0 Å². The van der Waals surface area contributed by atoms with Crippen molar-refractivity contribution in [1.29, 1.82) is 0 Å². The van der Waals surface area contributed by atoms with Crippen molar-refractivity contribution < 1.29 is 9.84 Å². The summed E-state index contributed by atoms with van der Waals surface area (Å²) in [5.74, 6) is 1.54. The first kappa shape index (κ1) is 20.8. The molecule has 2 aliphatic rings. The number of benzene rings is 1. The molecule has 3 N–H and O–H groups in total. The number of fused-ring (bicyclic) bond motifs is 1. The van der Waals surface area contributed by atoms with Crippen LogP contribution >= 0.6 is 0 Å². The molecule has 1 saturated carbocycles. The van der Waals surface area contributed by atoms with Crippen LogP contribution in [0.4, 0.5) is 0 Å². The summed E-state index contributed by atoms with van der Waals surface area (Å²) >= 11 is 0. The average molecular weight is 374 g/mol. The van der Waals surface area contributed by atoms with E-state index in [9.17, 15) is 5.11 Å². The molecule has 0 spiro atoms. The number of methoxy groups -OCH3 is 1. The fourth-order valence-electron chi connectivity index (χ4n) is 5.12. The second-order valence-corrected chi connectivity index (χ2v) is 9.55. The van der Waals surface area contributed by atoms with Gasteiger partial charge in [-0.15, -0.1) is 0 Å². The van der Waals surface area contributed by atoms with Gasteiger partial charge in [-0.05, 0) is 86.8 Å². The zero-order valence-electron chi connectivity index (χ0n) is 17.5. The Balaban J connectivity index is 1.52. The summed E-state index contributed by atoms with van der Waals surface area (Å²) in [6, 6.07) is 7.22. The largest absolute Gasteiger partial charge is 0.396 e. The number of unbranched alkanes of at least 4 members (excludes halogenated alkanes) is 1. The maximum Gasteiger partial charge on any atom is 0.0622 e. The second-order valence-electron chi connectivity index (χ2n) is 9.55.